The minimum absolute atomic E-state index is 0.0426. The van der Waals surface area contributed by atoms with Crippen molar-refractivity contribution in [1.29, 1.82) is 0 Å². The Labute approximate surface area is 98.0 Å². The van der Waals surface area contributed by atoms with E-state index in [-0.39, 0.29) is 28.1 Å². The molecule has 0 atom stereocenters. The summed E-state index contributed by atoms with van der Waals surface area (Å²) in [4.78, 5) is 23.8. The number of Topliss-reactive ketones (excluding diaryl/α,β-unsaturated/α-hetero) is 1. The van der Waals surface area contributed by atoms with Gasteiger partial charge < -0.3 is 0 Å². The highest BCUT2D eigenvalue weighted by Crippen LogP contribution is 2.23. The third-order valence-corrected chi connectivity index (χ3v) is 2.23. The van der Waals surface area contributed by atoms with Crippen LogP contribution in [0.3, 0.4) is 0 Å². The average molecular weight is 285 g/mol. The van der Waals surface area contributed by atoms with E-state index in [9.17, 15) is 14.9 Å². The Balaban J connectivity index is 3.34. The summed E-state index contributed by atoms with van der Waals surface area (Å²) in [6.07, 6.45) is 0. The van der Waals surface area contributed by atoms with Crippen LogP contribution in [0.4, 0.5) is 11.4 Å². The van der Waals surface area contributed by atoms with Gasteiger partial charge in [-0.1, -0.05) is 21.0 Å². The quantitative estimate of drug-likeness (QED) is 0.161. The molecule has 0 amide bonds. The molecule has 0 aliphatic heterocycles. The molecule has 0 saturated carbocycles. The second kappa shape index (κ2) is 5.24. The minimum atomic E-state index is -0.651. The van der Waals surface area contributed by atoms with Crippen LogP contribution in [-0.4, -0.2) is 16.0 Å². The number of halogens is 1. The van der Waals surface area contributed by atoms with Crippen LogP contribution in [0.25, 0.3) is 10.4 Å². The second-order valence-corrected chi connectivity index (χ2v) is 3.30. The van der Waals surface area contributed by atoms with E-state index in [2.05, 4.69) is 26.0 Å². The number of alkyl halides is 1. The fourth-order valence-corrected chi connectivity index (χ4v) is 1.37. The first kappa shape index (κ1) is 12.2. The maximum Gasteiger partial charge on any atom is 0.270 e. The molecule has 0 unspecified atom stereocenters. The van der Waals surface area contributed by atoms with Crippen molar-refractivity contribution in [2.24, 2.45) is 5.11 Å². The monoisotopic (exact) mass is 284 g/mol. The lowest BCUT2D eigenvalue weighted by molar-refractivity contribution is -0.384. The molecule has 0 bridgehead atoms. The number of nitro benzene ring substituents is 1. The number of ketones is 1. The van der Waals surface area contributed by atoms with Gasteiger partial charge in [-0.2, -0.15) is 0 Å². The molecule has 0 fully saturated rings. The molecule has 7 nitrogen and oxygen atoms in total. The number of carbonyl (C=O) groups excluding carboxylic acids is 1. The van der Waals surface area contributed by atoms with E-state index in [1.165, 1.54) is 6.07 Å². The minimum Gasteiger partial charge on any atom is -0.293 e. The number of hydrogen-bond donors (Lipinski definition) is 0. The van der Waals surface area contributed by atoms with Crippen molar-refractivity contribution in [3.63, 3.8) is 0 Å². The van der Waals surface area contributed by atoms with E-state index in [0.29, 0.717) is 0 Å². The van der Waals surface area contributed by atoms with Gasteiger partial charge in [0.2, 0.25) is 0 Å². The molecule has 0 heterocycles. The van der Waals surface area contributed by atoms with E-state index in [4.69, 9.17) is 5.53 Å². The Hall–Kier alpha value is -1.92. The smallest absolute Gasteiger partial charge is 0.270 e. The topological polar surface area (TPSA) is 109 Å². The molecular weight excluding hydrogens is 280 g/mol. The van der Waals surface area contributed by atoms with E-state index >= 15 is 0 Å². The summed E-state index contributed by atoms with van der Waals surface area (Å²) < 4.78 is 0. The molecule has 0 spiro atoms. The van der Waals surface area contributed by atoms with Crippen molar-refractivity contribution in [3.8, 4) is 0 Å². The van der Waals surface area contributed by atoms with E-state index < -0.39 is 4.92 Å². The molecule has 0 N–H and O–H groups in total. The first-order chi connectivity index (χ1) is 7.58. The highest BCUT2D eigenvalue weighted by atomic mass is 79.9. The van der Waals surface area contributed by atoms with Crippen molar-refractivity contribution in [2.75, 3.05) is 5.33 Å². The van der Waals surface area contributed by atoms with Gasteiger partial charge in [0.25, 0.3) is 5.69 Å². The van der Waals surface area contributed by atoms with Gasteiger partial charge in [0.05, 0.1) is 10.3 Å². The lowest BCUT2D eigenvalue weighted by atomic mass is 10.1. The number of azide groups is 1. The third-order valence-electron chi connectivity index (χ3n) is 1.72. The largest absolute Gasteiger partial charge is 0.293 e. The van der Waals surface area contributed by atoms with Crippen LogP contribution in [0.2, 0.25) is 0 Å². The van der Waals surface area contributed by atoms with Crippen LogP contribution in [0.5, 0.6) is 0 Å². The summed E-state index contributed by atoms with van der Waals surface area (Å²) in [7, 11) is 0. The summed E-state index contributed by atoms with van der Waals surface area (Å²) in [5, 5.41) is 13.8. The molecule has 82 valence electrons. The van der Waals surface area contributed by atoms with Gasteiger partial charge in [-0.15, -0.1) is 0 Å². The van der Waals surface area contributed by atoms with Crippen LogP contribution < -0.4 is 0 Å². The summed E-state index contributed by atoms with van der Waals surface area (Å²) in [5.74, 6) is -0.321. The molecule has 0 aliphatic rings. The number of non-ortho nitro benzene ring substituents is 1. The SMILES string of the molecule is [N-]=[N+]=Nc1cc(C(=O)CBr)cc([N+](=O)[O-])c1. The molecule has 1 aromatic carbocycles. The Morgan fingerprint density at radius 3 is 2.75 bits per heavy atom. The van der Waals surface area contributed by atoms with Gasteiger partial charge in [0.1, 0.15) is 0 Å². The van der Waals surface area contributed by atoms with Crippen molar-refractivity contribution in [3.05, 3.63) is 44.3 Å². The van der Waals surface area contributed by atoms with Gasteiger partial charge in [0, 0.05) is 28.3 Å². The zero-order chi connectivity index (χ0) is 12.1. The maximum absolute atomic E-state index is 11.3. The Morgan fingerprint density at radius 2 is 2.25 bits per heavy atom. The van der Waals surface area contributed by atoms with E-state index in [0.717, 1.165) is 12.1 Å². The number of nitrogens with zero attached hydrogens (tertiary/aromatic N) is 4. The fourth-order valence-electron chi connectivity index (χ4n) is 1.05. The third kappa shape index (κ3) is 2.78. The van der Waals surface area contributed by atoms with Gasteiger partial charge in [-0.05, 0) is 11.6 Å². The zero-order valence-electron chi connectivity index (χ0n) is 7.83. The molecular formula is C8H5BrN4O3. The highest BCUT2D eigenvalue weighted by molar-refractivity contribution is 9.09. The van der Waals surface area contributed by atoms with Crippen molar-refractivity contribution >= 4 is 33.1 Å². The zero-order valence-corrected chi connectivity index (χ0v) is 9.42. The summed E-state index contributed by atoms with van der Waals surface area (Å²) in [5.41, 5.74) is 8.12. The Kier molecular flexibility index (Phi) is 3.98. The van der Waals surface area contributed by atoms with Gasteiger partial charge >= 0.3 is 0 Å². The molecule has 0 saturated heterocycles. The standard InChI is InChI=1S/C8H5BrN4O3/c9-4-8(14)5-1-6(11-12-10)3-7(2-5)13(15)16/h1-3H,4H2. The van der Waals surface area contributed by atoms with E-state index in [1.54, 1.807) is 0 Å². The van der Waals surface area contributed by atoms with Gasteiger partial charge in [-0.3, -0.25) is 14.9 Å². The molecule has 0 radical (unpaired) electrons. The molecule has 8 heteroatoms. The summed E-state index contributed by atoms with van der Waals surface area (Å²) >= 11 is 2.95. The predicted molar refractivity (Wildman–Crippen MR) is 60.0 cm³/mol. The van der Waals surface area contributed by atoms with Gasteiger partial charge in [0.15, 0.2) is 5.78 Å². The van der Waals surface area contributed by atoms with Crippen LogP contribution >= 0.6 is 15.9 Å². The first-order valence-corrected chi connectivity index (χ1v) is 5.14. The number of carbonyl (C=O) groups is 1. The van der Waals surface area contributed by atoms with Crippen LogP contribution in [-0.2, 0) is 0 Å². The molecule has 1 aromatic rings. The fraction of sp³-hybridized carbons (Fsp3) is 0.125. The number of nitro groups is 1. The van der Waals surface area contributed by atoms with E-state index in [1.807, 2.05) is 0 Å². The number of benzene rings is 1. The maximum atomic E-state index is 11.3. The van der Waals surface area contributed by atoms with Crippen molar-refractivity contribution < 1.29 is 9.72 Å². The number of rotatable bonds is 4. The molecule has 0 aromatic heterocycles. The van der Waals surface area contributed by atoms with Crippen molar-refractivity contribution in [2.45, 2.75) is 0 Å². The highest BCUT2D eigenvalue weighted by Gasteiger charge is 2.13. The van der Waals surface area contributed by atoms with Crippen LogP contribution in [0, 0.1) is 10.1 Å². The predicted octanol–water partition coefficient (Wildman–Crippen LogP) is 3.11. The number of hydrogen-bond acceptors (Lipinski definition) is 4. The Morgan fingerprint density at radius 1 is 1.56 bits per heavy atom. The lowest BCUT2D eigenvalue weighted by Gasteiger charge is -1.99. The van der Waals surface area contributed by atoms with Crippen molar-refractivity contribution in [1.82, 2.24) is 0 Å². The second-order valence-electron chi connectivity index (χ2n) is 2.74. The molecule has 1 rings (SSSR count). The van der Waals surface area contributed by atoms with Crippen LogP contribution in [0.1, 0.15) is 10.4 Å². The summed E-state index contributed by atoms with van der Waals surface area (Å²) in [6.45, 7) is 0. The molecule has 16 heavy (non-hydrogen) atoms. The Bertz CT molecular complexity index is 476. The average Bonchev–Trinajstić information content (AvgIpc) is 2.28. The normalized spacial score (nSPS) is 9.31. The molecule has 0 aliphatic carbocycles. The van der Waals surface area contributed by atoms with Gasteiger partial charge in [-0.25, -0.2) is 0 Å². The van der Waals surface area contributed by atoms with Crippen LogP contribution in [0.15, 0.2) is 23.3 Å². The lowest BCUT2D eigenvalue weighted by Crippen LogP contribution is -2.00. The first-order valence-electron chi connectivity index (χ1n) is 4.02. The summed E-state index contributed by atoms with van der Waals surface area (Å²) in [6, 6.07) is 3.54.